The van der Waals surface area contributed by atoms with Crippen LogP contribution in [-0.2, 0) is 4.79 Å². The van der Waals surface area contributed by atoms with E-state index in [4.69, 9.17) is 4.74 Å². The third kappa shape index (κ3) is 2.16. The van der Waals surface area contributed by atoms with Crippen LogP contribution in [0.25, 0.3) is 17.0 Å². The fourth-order valence-corrected chi connectivity index (χ4v) is 1.93. The zero-order valence-electron chi connectivity index (χ0n) is 11.3. The number of imidazole rings is 1. The van der Waals surface area contributed by atoms with Crippen LogP contribution in [0.4, 0.5) is 0 Å². The van der Waals surface area contributed by atoms with Crippen molar-refractivity contribution >= 4 is 17.0 Å². The number of H-pyrrole nitrogens is 1. The van der Waals surface area contributed by atoms with E-state index in [1.165, 1.54) is 4.68 Å². The number of nitrogens with one attached hydrogen (secondary N) is 1. The normalized spacial score (nSPS) is 10.9. The number of ether oxygens (including phenoxy) is 1. The van der Waals surface area contributed by atoms with Gasteiger partial charge in [-0.3, -0.25) is 4.79 Å². The Morgan fingerprint density at radius 2 is 2.20 bits per heavy atom. The van der Waals surface area contributed by atoms with Crippen LogP contribution in [0.2, 0.25) is 0 Å². The first-order chi connectivity index (χ1) is 9.67. The second-order valence-corrected chi connectivity index (χ2v) is 4.44. The van der Waals surface area contributed by atoms with Crippen molar-refractivity contribution in [2.24, 2.45) is 0 Å². The number of carbonyl (C=O) groups is 1. The Bertz CT molecular complexity index is 739. The van der Waals surface area contributed by atoms with Gasteiger partial charge >= 0.3 is 5.97 Å². The van der Waals surface area contributed by atoms with Crippen LogP contribution in [0.1, 0.15) is 19.0 Å². The summed E-state index contributed by atoms with van der Waals surface area (Å²) in [5.74, 6) is 0.592. The standard InChI is InChI=1S/C14H14N4O2/c1-3-13(19)20-12-8-9(2)17-18(12)14-15-10-6-4-5-7-11(10)16-14/h4-8H,3H2,1-2H3,(H,15,16). The Hall–Kier alpha value is -2.63. The van der Waals surface area contributed by atoms with Gasteiger partial charge in [0.15, 0.2) is 0 Å². The summed E-state index contributed by atoms with van der Waals surface area (Å²) in [6.07, 6.45) is 0.310. The van der Waals surface area contributed by atoms with Gasteiger partial charge in [-0.1, -0.05) is 19.1 Å². The number of aryl methyl sites for hydroxylation is 1. The summed E-state index contributed by atoms with van der Waals surface area (Å²) in [7, 11) is 0. The van der Waals surface area contributed by atoms with Crippen molar-refractivity contribution < 1.29 is 9.53 Å². The lowest BCUT2D eigenvalue weighted by molar-refractivity contribution is -0.134. The lowest BCUT2D eigenvalue weighted by Crippen LogP contribution is -2.10. The van der Waals surface area contributed by atoms with Gasteiger partial charge < -0.3 is 9.72 Å². The molecule has 1 N–H and O–H groups in total. The van der Waals surface area contributed by atoms with Gasteiger partial charge in [0.05, 0.1) is 16.7 Å². The van der Waals surface area contributed by atoms with Crippen molar-refractivity contribution in [3.8, 4) is 11.8 Å². The third-order valence-corrected chi connectivity index (χ3v) is 2.88. The van der Waals surface area contributed by atoms with Crippen molar-refractivity contribution in [1.29, 1.82) is 0 Å². The summed E-state index contributed by atoms with van der Waals surface area (Å²) in [5.41, 5.74) is 2.50. The molecule has 0 amide bonds. The fourth-order valence-electron chi connectivity index (χ4n) is 1.93. The van der Waals surface area contributed by atoms with Gasteiger partial charge in [-0.05, 0) is 19.1 Å². The van der Waals surface area contributed by atoms with Crippen LogP contribution >= 0.6 is 0 Å². The van der Waals surface area contributed by atoms with E-state index < -0.39 is 0 Å². The molecule has 6 heteroatoms. The molecule has 0 bridgehead atoms. The monoisotopic (exact) mass is 270 g/mol. The molecule has 20 heavy (non-hydrogen) atoms. The van der Waals surface area contributed by atoms with Crippen LogP contribution in [0.5, 0.6) is 5.88 Å². The third-order valence-electron chi connectivity index (χ3n) is 2.88. The van der Waals surface area contributed by atoms with E-state index >= 15 is 0 Å². The molecule has 3 rings (SSSR count). The molecule has 6 nitrogen and oxygen atoms in total. The number of rotatable bonds is 3. The molecule has 0 aliphatic carbocycles. The number of fused-ring (bicyclic) bond motifs is 1. The van der Waals surface area contributed by atoms with Crippen molar-refractivity contribution in [2.45, 2.75) is 20.3 Å². The number of aromatic amines is 1. The van der Waals surface area contributed by atoms with E-state index in [9.17, 15) is 4.79 Å². The van der Waals surface area contributed by atoms with Gasteiger partial charge in [-0.2, -0.15) is 9.78 Å². The zero-order chi connectivity index (χ0) is 14.1. The molecule has 3 aromatic rings. The molecule has 0 saturated carbocycles. The first-order valence-electron chi connectivity index (χ1n) is 6.40. The predicted octanol–water partition coefficient (Wildman–Crippen LogP) is 2.37. The van der Waals surface area contributed by atoms with E-state index in [1.807, 2.05) is 31.2 Å². The van der Waals surface area contributed by atoms with Gasteiger partial charge in [-0.25, -0.2) is 4.98 Å². The van der Waals surface area contributed by atoms with Crippen LogP contribution in [0.3, 0.4) is 0 Å². The molecule has 0 atom stereocenters. The van der Waals surface area contributed by atoms with Gasteiger partial charge in [0.2, 0.25) is 11.8 Å². The molecule has 2 heterocycles. The minimum atomic E-state index is -0.303. The lowest BCUT2D eigenvalue weighted by atomic mass is 10.3. The summed E-state index contributed by atoms with van der Waals surface area (Å²) in [4.78, 5) is 19.1. The highest BCUT2D eigenvalue weighted by Gasteiger charge is 2.14. The lowest BCUT2D eigenvalue weighted by Gasteiger charge is -2.03. The number of hydrogen-bond acceptors (Lipinski definition) is 4. The van der Waals surface area contributed by atoms with Crippen molar-refractivity contribution in [1.82, 2.24) is 19.7 Å². The fraction of sp³-hybridized carbons (Fsp3) is 0.214. The van der Waals surface area contributed by atoms with Gasteiger partial charge in [0.1, 0.15) is 0 Å². The molecule has 102 valence electrons. The maximum Gasteiger partial charge on any atom is 0.312 e. The second-order valence-electron chi connectivity index (χ2n) is 4.44. The first-order valence-corrected chi connectivity index (χ1v) is 6.40. The maximum absolute atomic E-state index is 11.5. The van der Waals surface area contributed by atoms with Crippen LogP contribution in [-0.4, -0.2) is 25.7 Å². The molecule has 0 radical (unpaired) electrons. The quantitative estimate of drug-likeness (QED) is 0.741. The van der Waals surface area contributed by atoms with Crippen LogP contribution in [0.15, 0.2) is 30.3 Å². The number of benzene rings is 1. The number of aromatic nitrogens is 4. The van der Waals surface area contributed by atoms with Crippen molar-refractivity contribution in [3.63, 3.8) is 0 Å². The molecule has 0 unspecified atom stereocenters. The SMILES string of the molecule is CCC(=O)Oc1cc(C)nn1-c1nc2ccccc2[nH]1. The predicted molar refractivity (Wildman–Crippen MR) is 73.9 cm³/mol. The smallest absolute Gasteiger partial charge is 0.312 e. The molecular weight excluding hydrogens is 256 g/mol. The largest absolute Gasteiger partial charge is 0.407 e. The molecule has 1 aromatic carbocycles. The Morgan fingerprint density at radius 1 is 1.40 bits per heavy atom. The van der Waals surface area contributed by atoms with Crippen LogP contribution in [0, 0.1) is 6.92 Å². The maximum atomic E-state index is 11.5. The molecule has 0 aliphatic rings. The molecule has 0 spiro atoms. The molecular formula is C14H14N4O2. The Labute approximate surface area is 115 Å². The van der Waals surface area contributed by atoms with Gasteiger partial charge in [-0.15, -0.1) is 0 Å². The number of para-hydroxylation sites is 2. The minimum Gasteiger partial charge on any atom is -0.407 e. The average Bonchev–Trinajstić information content (AvgIpc) is 3.01. The summed E-state index contributed by atoms with van der Waals surface area (Å²) >= 11 is 0. The highest BCUT2D eigenvalue weighted by Crippen LogP contribution is 2.20. The summed E-state index contributed by atoms with van der Waals surface area (Å²) in [6, 6.07) is 9.39. The number of hydrogen-bond donors (Lipinski definition) is 1. The van der Waals surface area contributed by atoms with E-state index in [0.29, 0.717) is 18.2 Å². The highest BCUT2D eigenvalue weighted by atomic mass is 16.5. The first kappa shape index (κ1) is 12.4. The average molecular weight is 270 g/mol. The molecule has 0 aliphatic heterocycles. The highest BCUT2D eigenvalue weighted by molar-refractivity contribution is 5.76. The van der Waals surface area contributed by atoms with E-state index in [1.54, 1.807) is 13.0 Å². The topological polar surface area (TPSA) is 72.8 Å². The van der Waals surface area contributed by atoms with Crippen LogP contribution < -0.4 is 4.74 Å². The summed E-state index contributed by atoms with van der Waals surface area (Å²) < 4.78 is 6.77. The summed E-state index contributed by atoms with van der Waals surface area (Å²) in [6.45, 7) is 3.58. The Morgan fingerprint density at radius 3 is 2.95 bits per heavy atom. The minimum absolute atomic E-state index is 0.303. The van der Waals surface area contributed by atoms with Crippen molar-refractivity contribution in [3.05, 3.63) is 36.0 Å². The van der Waals surface area contributed by atoms with Gasteiger partial charge in [0.25, 0.3) is 0 Å². The Balaban J connectivity index is 2.06. The Kier molecular flexibility index (Phi) is 2.98. The zero-order valence-corrected chi connectivity index (χ0v) is 11.3. The molecule has 2 aromatic heterocycles. The van der Waals surface area contributed by atoms with Crippen molar-refractivity contribution in [2.75, 3.05) is 0 Å². The number of esters is 1. The molecule has 0 fully saturated rings. The summed E-state index contributed by atoms with van der Waals surface area (Å²) in [5, 5.41) is 4.31. The molecule has 0 saturated heterocycles. The number of carbonyl (C=O) groups excluding carboxylic acids is 1. The second kappa shape index (κ2) is 4.80. The van der Waals surface area contributed by atoms with E-state index in [2.05, 4.69) is 15.1 Å². The van der Waals surface area contributed by atoms with E-state index in [-0.39, 0.29) is 5.97 Å². The van der Waals surface area contributed by atoms with Gasteiger partial charge in [0, 0.05) is 12.5 Å². The van der Waals surface area contributed by atoms with E-state index in [0.717, 1.165) is 16.7 Å². The number of nitrogens with zero attached hydrogens (tertiary/aromatic N) is 3.